The van der Waals surface area contributed by atoms with Crippen LogP contribution in [-0.4, -0.2) is 16.3 Å². The van der Waals surface area contributed by atoms with Crippen molar-refractivity contribution >= 4 is 62.6 Å². The molecule has 0 N–H and O–H groups in total. The smallest absolute Gasteiger partial charge is 0.308 e. The summed E-state index contributed by atoms with van der Waals surface area (Å²) >= 11 is 6.64. The highest BCUT2D eigenvalue weighted by Gasteiger charge is 2.43. The predicted molar refractivity (Wildman–Crippen MR) is 224 cm³/mol. The average Bonchev–Trinajstić information content (AvgIpc) is 3.55. The number of benzene rings is 7. The van der Waals surface area contributed by atoms with Gasteiger partial charge in [0.25, 0.3) is 0 Å². The molecule has 7 aromatic carbocycles. The monoisotopic (exact) mass is 704 g/mol. The molecule has 1 aliphatic heterocycles. The minimum atomic E-state index is -2.77. The van der Waals surface area contributed by atoms with Crippen molar-refractivity contribution in [2.45, 2.75) is 0 Å². The van der Waals surface area contributed by atoms with Gasteiger partial charge in [-0.05, 0) is 69.3 Å². The summed E-state index contributed by atoms with van der Waals surface area (Å²) in [6.07, 6.45) is 0. The molecule has 9 rings (SSSR count). The van der Waals surface area contributed by atoms with Gasteiger partial charge in [0.15, 0.2) is 0 Å². The fourth-order valence-electron chi connectivity index (χ4n) is 7.57. The van der Waals surface area contributed by atoms with Gasteiger partial charge in [-0.2, -0.15) is 4.99 Å². The minimum absolute atomic E-state index is 0.405. The van der Waals surface area contributed by atoms with Crippen LogP contribution in [0, 0.1) is 0 Å². The van der Waals surface area contributed by atoms with Crippen LogP contribution >= 0.6 is 19.1 Å². The number of nitrogens with zero attached hydrogens (tertiary/aromatic N) is 2. The zero-order valence-corrected chi connectivity index (χ0v) is 29.9. The van der Waals surface area contributed by atoms with Gasteiger partial charge < -0.3 is 4.74 Å². The molecule has 0 unspecified atom stereocenters. The quantitative estimate of drug-likeness (QED) is 0.132. The van der Waals surface area contributed by atoms with Crippen molar-refractivity contribution in [2.24, 2.45) is 4.99 Å². The van der Waals surface area contributed by atoms with E-state index in [2.05, 4.69) is 169 Å². The van der Waals surface area contributed by atoms with E-state index in [-0.39, 0.29) is 0 Å². The molecule has 52 heavy (non-hydrogen) atoms. The number of rotatable bonds is 5. The Kier molecular flexibility index (Phi) is 8.33. The zero-order valence-electron chi connectivity index (χ0n) is 28.2. The Morgan fingerprint density at radius 1 is 0.442 bits per heavy atom. The summed E-state index contributed by atoms with van der Waals surface area (Å²) in [5, 5.41) is 4.59. The van der Waals surface area contributed by atoms with E-state index in [1.54, 1.807) is 0 Å². The molecule has 5 heteroatoms. The molecule has 3 nitrogen and oxygen atoms in total. The fourth-order valence-corrected chi connectivity index (χ4v) is 12.5. The van der Waals surface area contributed by atoms with E-state index >= 15 is 0 Å². The van der Waals surface area contributed by atoms with Crippen molar-refractivity contribution in [3.05, 3.63) is 217 Å². The van der Waals surface area contributed by atoms with Gasteiger partial charge in [-0.3, -0.25) is 4.90 Å². The highest BCUT2D eigenvalue weighted by Crippen LogP contribution is 2.54. The lowest BCUT2D eigenvalue weighted by Crippen LogP contribution is -2.47. The molecule has 248 valence electrons. The van der Waals surface area contributed by atoms with E-state index in [4.69, 9.17) is 21.9 Å². The van der Waals surface area contributed by atoms with Crippen molar-refractivity contribution in [3.8, 4) is 16.9 Å². The molecular formula is C47H33N2OPS. The van der Waals surface area contributed by atoms with E-state index in [0.717, 1.165) is 33.4 Å². The molecule has 0 aromatic heterocycles. The maximum absolute atomic E-state index is 6.79. The molecule has 2 aliphatic rings. The largest absolute Gasteiger partial charge is 0.425 e. The third-order valence-corrected chi connectivity index (χ3v) is 14.5. The maximum Gasteiger partial charge on any atom is 0.308 e. The Hall–Kier alpha value is -6.06. The second-order valence-electron chi connectivity index (χ2n) is 12.6. The van der Waals surface area contributed by atoms with Crippen LogP contribution in [0.15, 0.2) is 211 Å². The summed E-state index contributed by atoms with van der Waals surface area (Å²) in [5.41, 5.74) is 7.67. The van der Waals surface area contributed by atoms with E-state index in [1.165, 1.54) is 27.0 Å². The van der Waals surface area contributed by atoms with E-state index in [9.17, 15) is 0 Å². The van der Waals surface area contributed by atoms with Crippen LogP contribution in [0.5, 0.6) is 5.75 Å². The molecule has 1 heterocycles. The van der Waals surface area contributed by atoms with Crippen LogP contribution in [0.4, 0.5) is 5.69 Å². The summed E-state index contributed by atoms with van der Waals surface area (Å²) in [4.78, 5) is 8.01. The highest BCUT2D eigenvalue weighted by molar-refractivity contribution is 7.99. The summed E-state index contributed by atoms with van der Waals surface area (Å²) in [6.45, 7) is -2.77. The summed E-state index contributed by atoms with van der Waals surface area (Å²) in [7, 11) is 0. The average molecular weight is 705 g/mol. The number of amidine groups is 1. The lowest BCUT2D eigenvalue weighted by molar-refractivity contribution is 0.539. The van der Waals surface area contributed by atoms with Crippen LogP contribution in [-0.2, 0) is 0 Å². The second kappa shape index (κ2) is 13.6. The molecular weight excluding hydrogens is 672 g/mol. The Morgan fingerprint density at radius 3 is 1.29 bits per heavy atom. The molecule has 0 spiro atoms. The first kappa shape index (κ1) is 31.9. The van der Waals surface area contributed by atoms with Gasteiger partial charge in [0, 0.05) is 10.9 Å². The molecule has 0 amide bonds. The van der Waals surface area contributed by atoms with Gasteiger partial charge in [-0.25, -0.2) is 0 Å². The van der Waals surface area contributed by atoms with Crippen LogP contribution in [0.25, 0.3) is 16.7 Å². The number of thiocarbonyl (C=S) groups is 1. The first-order chi connectivity index (χ1) is 25.7. The van der Waals surface area contributed by atoms with Gasteiger partial charge in [0.2, 0.25) is 0 Å². The van der Waals surface area contributed by atoms with Crippen molar-refractivity contribution in [2.75, 3.05) is 4.90 Å². The minimum Gasteiger partial charge on any atom is -0.425 e. The third kappa shape index (κ3) is 5.27. The summed E-state index contributed by atoms with van der Waals surface area (Å²) < 4.78 is 6.79. The maximum atomic E-state index is 6.79. The lowest BCUT2D eigenvalue weighted by atomic mass is 9.98. The van der Waals surface area contributed by atoms with E-state index < -0.39 is 6.89 Å². The molecule has 0 atom stereocenters. The van der Waals surface area contributed by atoms with Gasteiger partial charge in [0.1, 0.15) is 10.7 Å². The number of anilines is 1. The molecule has 0 saturated heterocycles. The Morgan fingerprint density at radius 2 is 0.827 bits per heavy atom. The Labute approximate surface area is 309 Å². The summed E-state index contributed by atoms with van der Waals surface area (Å²) in [5.74, 6) is 0.681. The standard InChI is InChI=1S/C47H33N2OPS/c52-46-45(51(36-24-10-3-11-25-36,37-26-12-4-13-27-37)38-28-14-5-15-29-38)44(43-41-32-18-16-30-39(41)40-31-17-19-33-42(40)43)49(34-20-6-1-7-21-34)47(48-46)50-35-22-8-2-9-23-35/h1-33H. The Bertz CT molecular complexity index is 2400. The zero-order chi connectivity index (χ0) is 34.9. The first-order valence-electron chi connectivity index (χ1n) is 17.3. The lowest BCUT2D eigenvalue weighted by Gasteiger charge is -2.40. The number of aliphatic imine (C=N–C) groups is 1. The summed E-state index contributed by atoms with van der Waals surface area (Å²) in [6, 6.07) is 70.7. The van der Waals surface area contributed by atoms with Gasteiger partial charge >= 0.3 is 6.02 Å². The van der Waals surface area contributed by atoms with E-state index in [1.807, 2.05) is 36.4 Å². The molecule has 0 fully saturated rings. The number of ether oxygens (including phenoxy) is 1. The van der Waals surface area contributed by atoms with Crippen molar-refractivity contribution in [1.29, 1.82) is 0 Å². The predicted octanol–water partition coefficient (Wildman–Crippen LogP) is 9.88. The van der Waals surface area contributed by atoms with Crippen molar-refractivity contribution in [1.82, 2.24) is 0 Å². The first-order valence-corrected chi connectivity index (χ1v) is 19.5. The number of para-hydroxylation sites is 2. The number of hydrogen-bond acceptors (Lipinski definition) is 3. The van der Waals surface area contributed by atoms with E-state index in [0.29, 0.717) is 16.8 Å². The molecule has 0 radical (unpaired) electrons. The molecule has 7 aromatic rings. The SMILES string of the molecule is S=C1N=C(Oc2ccccc2)N(c2ccccc2)C(=C2c3ccccc3-c3ccccc32)C1=P(c1ccccc1)(c1ccccc1)c1ccccc1. The number of hydrogen-bond donors (Lipinski definition) is 0. The van der Waals surface area contributed by atoms with Gasteiger partial charge in [0.05, 0.1) is 11.4 Å². The molecule has 1 aliphatic carbocycles. The van der Waals surface area contributed by atoms with Crippen LogP contribution in [0.3, 0.4) is 0 Å². The van der Waals surface area contributed by atoms with Crippen LogP contribution in [0.1, 0.15) is 11.1 Å². The Balaban J connectivity index is 1.55. The third-order valence-electron chi connectivity index (χ3n) is 9.69. The topological polar surface area (TPSA) is 24.8 Å². The van der Waals surface area contributed by atoms with Crippen LogP contribution in [0.2, 0.25) is 0 Å². The van der Waals surface area contributed by atoms with Crippen LogP contribution < -0.4 is 25.6 Å². The van der Waals surface area contributed by atoms with Crippen molar-refractivity contribution in [3.63, 3.8) is 0 Å². The second-order valence-corrected chi connectivity index (χ2v) is 16.4. The molecule has 0 bridgehead atoms. The fraction of sp³-hybridized carbons (Fsp3) is 0. The highest BCUT2D eigenvalue weighted by atomic mass is 32.1. The van der Waals surface area contributed by atoms with Gasteiger partial charge in [-0.1, -0.05) is 188 Å². The molecule has 0 saturated carbocycles. The number of fused-ring (bicyclic) bond motifs is 3. The normalized spacial score (nSPS) is 13.8. The van der Waals surface area contributed by atoms with Gasteiger partial charge in [-0.15, -0.1) is 0 Å². The van der Waals surface area contributed by atoms with Crippen molar-refractivity contribution < 1.29 is 4.74 Å².